The van der Waals surface area contributed by atoms with Gasteiger partial charge in [-0.15, -0.1) is 11.3 Å². The zero-order valence-corrected chi connectivity index (χ0v) is 13.4. The summed E-state index contributed by atoms with van der Waals surface area (Å²) in [7, 11) is 0. The summed E-state index contributed by atoms with van der Waals surface area (Å²) < 4.78 is 0. The molecule has 0 aliphatic heterocycles. The Hall–Kier alpha value is -0.780. The maximum Gasteiger partial charge on any atom is 0.0794 e. The molecule has 108 valence electrons. The number of aromatic amines is 1. The maximum absolute atomic E-state index is 4.22. The van der Waals surface area contributed by atoms with Crippen LogP contribution in [0.4, 0.5) is 0 Å². The first-order valence-corrected chi connectivity index (χ1v) is 9.37. The standard InChI is InChI=1S/C15H21N3S2/c1-19-13-6-3-2-5-12(13)16-9-11-10-17-18-15(11)14-7-4-8-20-14/h4,7-8,10,12-13,16H,2-3,5-6,9H2,1H3,(H,17,18). The molecule has 0 bridgehead atoms. The third-order valence-electron chi connectivity index (χ3n) is 4.05. The largest absolute Gasteiger partial charge is 0.309 e. The van der Waals surface area contributed by atoms with Crippen molar-refractivity contribution in [3.63, 3.8) is 0 Å². The number of H-pyrrole nitrogens is 1. The van der Waals surface area contributed by atoms with Crippen LogP contribution in [-0.2, 0) is 6.54 Å². The van der Waals surface area contributed by atoms with E-state index in [4.69, 9.17) is 0 Å². The molecule has 1 aliphatic rings. The lowest BCUT2D eigenvalue weighted by Crippen LogP contribution is -2.39. The van der Waals surface area contributed by atoms with Gasteiger partial charge in [0.15, 0.2) is 0 Å². The van der Waals surface area contributed by atoms with Crippen LogP contribution in [0.2, 0.25) is 0 Å². The van der Waals surface area contributed by atoms with Gasteiger partial charge in [0, 0.05) is 23.4 Å². The number of nitrogens with zero attached hydrogens (tertiary/aromatic N) is 1. The lowest BCUT2D eigenvalue weighted by atomic mass is 9.94. The smallest absolute Gasteiger partial charge is 0.0794 e. The van der Waals surface area contributed by atoms with Crippen molar-refractivity contribution < 1.29 is 0 Å². The number of hydrogen-bond donors (Lipinski definition) is 2. The van der Waals surface area contributed by atoms with Gasteiger partial charge in [0.1, 0.15) is 0 Å². The highest BCUT2D eigenvalue weighted by Gasteiger charge is 2.24. The number of aromatic nitrogens is 2. The zero-order chi connectivity index (χ0) is 13.8. The molecule has 0 spiro atoms. The van der Waals surface area contributed by atoms with Gasteiger partial charge in [0.25, 0.3) is 0 Å². The van der Waals surface area contributed by atoms with Crippen LogP contribution in [0.3, 0.4) is 0 Å². The lowest BCUT2D eigenvalue weighted by Gasteiger charge is -2.31. The van der Waals surface area contributed by atoms with Gasteiger partial charge in [-0.3, -0.25) is 5.10 Å². The van der Waals surface area contributed by atoms with E-state index in [9.17, 15) is 0 Å². The maximum atomic E-state index is 4.22. The Morgan fingerprint density at radius 2 is 2.35 bits per heavy atom. The van der Waals surface area contributed by atoms with Gasteiger partial charge >= 0.3 is 0 Å². The van der Waals surface area contributed by atoms with Crippen LogP contribution < -0.4 is 5.32 Å². The molecule has 1 fully saturated rings. The van der Waals surface area contributed by atoms with Crippen LogP contribution in [0.5, 0.6) is 0 Å². The number of nitrogens with one attached hydrogen (secondary N) is 2. The summed E-state index contributed by atoms with van der Waals surface area (Å²) in [4.78, 5) is 1.27. The van der Waals surface area contributed by atoms with Crippen molar-refractivity contribution in [3.8, 4) is 10.6 Å². The fourth-order valence-electron chi connectivity index (χ4n) is 2.93. The van der Waals surface area contributed by atoms with E-state index in [1.807, 2.05) is 18.0 Å². The minimum atomic E-state index is 0.643. The third kappa shape index (κ3) is 3.10. The SMILES string of the molecule is CSC1CCCCC1NCc1cn[nH]c1-c1cccs1. The van der Waals surface area contributed by atoms with Crippen molar-refractivity contribution in [2.75, 3.05) is 6.26 Å². The molecular weight excluding hydrogens is 286 g/mol. The van der Waals surface area contributed by atoms with Crippen molar-refractivity contribution >= 4 is 23.1 Å². The first-order valence-electron chi connectivity index (χ1n) is 7.21. The summed E-state index contributed by atoms with van der Waals surface area (Å²) in [5, 5.41) is 14.0. The first kappa shape index (κ1) is 14.2. The Morgan fingerprint density at radius 1 is 1.45 bits per heavy atom. The Labute approximate surface area is 128 Å². The van der Waals surface area contributed by atoms with Gasteiger partial charge in [-0.2, -0.15) is 16.9 Å². The number of thiophene rings is 1. The van der Waals surface area contributed by atoms with E-state index in [0.717, 1.165) is 11.8 Å². The Balaban J connectivity index is 1.65. The average molecular weight is 307 g/mol. The summed E-state index contributed by atoms with van der Waals surface area (Å²) in [5.41, 5.74) is 2.45. The van der Waals surface area contributed by atoms with E-state index in [1.165, 1.54) is 41.8 Å². The third-order valence-corrected chi connectivity index (χ3v) is 6.10. The van der Waals surface area contributed by atoms with Gasteiger partial charge < -0.3 is 5.32 Å². The lowest BCUT2D eigenvalue weighted by molar-refractivity contribution is 0.383. The highest BCUT2D eigenvalue weighted by Crippen LogP contribution is 2.29. The number of thioether (sulfide) groups is 1. The molecule has 5 heteroatoms. The second kappa shape index (κ2) is 6.78. The predicted molar refractivity (Wildman–Crippen MR) is 88.3 cm³/mol. The molecule has 0 amide bonds. The van der Waals surface area contributed by atoms with Crippen LogP contribution in [0, 0.1) is 0 Å². The molecule has 2 N–H and O–H groups in total. The van der Waals surface area contributed by atoms with Crippen LogP contribution in [0.25, 0.3) is 10.6 Å². The van der Waals surface area contributed by atoms with E-state index < -0.39 is 0 Å². The fourth-order valence-corrected chi connectivity index (χ4v) is 4.65. The molecular formula is C15H21N3S2. The molecule has 3 nitrogen and oxygen atoms in total. The Morgan fingerprint density at radius 3 is 3.15 bits per heavy atom. The normalized spacial score (nSPS) is 23.1. The van der Waals surface area contributed by atoms with E-state index >= 15 is 0 Å². The van der Waals surface area contributed by atoms with Crippen LogP contribution in [-0.4, -0.2) is 27.7 Å². The van der Waals surface area contributed by atoms with E-state index in [1.54, 1.807) is 11.3 Å². The second-order valence-corrected chi connectivity index (χ2v) is 7.32. The van der Waals surface area contributed by atoms with Crippen LogP contribution >= 0.6 is 23.1 Å². The van der Waals surface area contributed by atoms with Crippen LogP contribution in [0.1, 0.15) is 31.2 Å². The summed E-state index contributed by atoms with van der Waals surface area (Å²) in [6.45, 7) is 0.908. The highest BCUT2D eigenvalue weighted by molar-refractivity contribution is 7.99. The molecule has 1 saturated carbocycles. The summed E-state index contributed by atoms with van der Waals surface area (Å²) >= 11 is 3.77. The average Bonchev–Trinajstić information content (AvgIpc) is 3.15. The molecule has 2 aromatic heterocycles. The summed E-state index contributed by atoms with van der Waals surface area (Å²) in [6, 6.07) is 4.88. The molecule has 2 atom stereocenters. The minimum absolute atomic E-state index is 0.643. The van der Waals surface area contributed by atoms with Gasteiger partial charge in [0.05, 0.1) is 16.8 Å². The fraction of sp³-hybridized carbons (Fsp3) is 0.533. The molecule has 1 aliphatic carbocycles. The quantitative estimate of drug-likeness (QED) is 0.880. The molecule has 0 saturated heterocycles. The van der Waals surface area contributed by atoms with Crippen molar-refractivity contribution in [1.29, 1.82) is 0 Å². The van der Waals surface area contributed by atoms with Crippen molar-refractivity contribution in [3.05, 3.63) is 29.3 Å². The van der Waals surface area contributed by atoms with Gasteiger partial charge in [-0.05, 0) is 30.5 Å². The predicted octanol–water partition coefficient (Wildman–Crippen LogP) is 3.90. The van der Waals surface area contributed by atoms with Gasteiger partial charge in [-0.25, -0.2) is 0 Å². The molecule has 3 rings (SSSR count). The summed E-state index contributed by atoms with van der Waals surface area (Å²) in [6.07, 6.45) is 9.59. The highest BCUT2D eigenvalue weighted by atomic mass is 32.2. The van der Waals surface area contributed by atoms with E-state index in [2.05, 4.69) is 39.3 Å². The Kier molecular flexibility index (Phi) is 4.81. The van der Waals surface area contributed by atoms with Gasteiger partial charge in [0.2, 0.25) is 0 Å². The van der Waals surface area contributed by atoms with Crippen molar-refractivity contribution in [1.82, 2.24) is 15.5 Å². The number of hydrogen-bond acceptors (Lipinski definition) is 4. The molecule has 2 heterocycles. The summed E-state index contributed by atoms with van der Waals surface area (Å²) in [5.74, 6) is 0. The monoisotopic (exact) mass is 307 g/mol. The topological polar surface area (TPSA) is 40.7 Å². The molecule has 0 radical (unpaired) electrons. The number of rotatable bonds is 5. The molecule has 2 unspecified atom stereocenters. The molecule has 20 heavy (non-hydrogen) atoms. The van der Waals surface area contributed by atoms with E-state index in [-0.39, 0.29) is 0 Å². The zero-order valence-electron chi connectivity index (χ0n) is 11.8. The molecule has 0 aromatic carbocycles. The minimum Gasteiger partial charge on any atom is -0.309 e. The van der Waals surface area contributed by atoms with Crippen molar-refractivity contribution in [2.24, 2.45) is 0 Å². The molecule has 2 aromatic rings. The van der Waals surface area contributed by atoms with Crippen LogP contribution in [0.15, 0.2) is 23.7 Å². The second-order valence-electron chi connectivity index (χ2n) is 5.29. The van der Waals surface area contributed by atoms with Crippen molar-refractivity contribution in [2.45, 2.75) is 43.5 Å². The first-order chi connectivity index (χ1) is 9.88. The Bertz CT molecular complexity index is 521. The van der Waals surface area contributed by atoms with E-state index in [0.29, 0.717) is 6.04 Å². The van der Waals surface area contributed by atoms with Gasteiger partial charge in [-0.1, -0.05) is 18.9 Å².